The molecule has 2 N–H and O–H groups in total. The van der Waals surface area contributed by atoms with Gasteiger partial charge < -0.3 is 9.97 Å². The first-order valence-corrected chi connectivity index (χ1v) is 31.5. The van der Waals surface area contributed by atoms with E-state index in [9.17, 15) is 0 Å². The van der Waals surface area contributed by atoms with E-state index in [0.29, 0.717) is 40.7 Å². The number of fused-ring (bicyclic) bond motifs is 20. The van der Waals surface area contributed by atoms with E-state index < -0.39 is 0 Å². The predicted octanol–water partition coefficient (Wildman–Crippen LogP) is 24.5. The summed E-state index contributed by atoms with van der Waals surface area (Å²) < 4.78 is 15.9. The second kappa shape index (κ2) is 18.1. The molecule has 0 saturated carbocycles. The lowest BCUT2D eigenvalue weighted by Crippen LogP contribution is -1.88. The van der Waals surface area contributed by atoms with E-state index in [2.05, 4.69) is 329 Å². The highest BCUT2D eigenvalue weighted by Crippen LogP contribution is 2.60. The number of hydrogen-bond donors (Lipinski definition) is 2. The zero-order valence-electron chi connectivity index (χ0n) is 27.5. The number of aromatic amines is 2. The van der Waals surface area contributed by atoms with E-state index in [1.807, 2.05) is 0 Å². The third-order valence-electron chi connectivity index (χ3n) is 9.67. The molecule has 8 bridgehead atoms. The van der Waals surface area contributed by atoms with E-state index in [1.54, 1.807) is 0 Å². The lowest BCUT2D eigenvalue weighted by Gasteiger charge is -2.12. The molecule has 3 aromatic heterocycles. The Balaban J connectivity index is 1.71. The molecule has 4 aromatic carbocycles. The quantitative estimate of drug-likeness (QED) is 0.117. The molecule has 0 spiro atoms. The van der Waals surface area contributed by atoms with Gasteiger partial charge in [-0.2, -0.15) is 0 Å². The van der Waals surface area contributed by atoms with Crippen molar-refractivity contribution in [1.29, 1.82) is 0 Å². The van der Waals surface area contributed by atoms with Crippen molar-refractivity contribution in [3.63, 3.8) is 0 Å². The highest BCUT2D eigenvalue weighted by molar-refractivity contribution is 9.17. The molecule has 0 fully saturated rings. The Morgan fingerprint density at radius 3 is 0.550 bits per heavy atom. The molecule has 7 aromatic rings. The summed E-state index contributed by atoms with van der Waals surface area (Å²) in [4.78, 5) is 18.7. The Kier molecular flexibility index (Phi) is 14.8. The SMILES string of the molecule is Brc1c(Br)c(Br)c2c(c1Br)-c1nc-2c(Br)c2[nH]c(c(Br)c3nc(c(Br)c4[nH]c(c1Br)c1c(Br)c(Br)c(Br)c(Br)c41)-c1c(Br)c(Br)c(Br)c(Br)c1-3)c1c(Br)c(Br)c(Br)c(Br)c21. The van der Waals surface area contributed by atoms with Crippen LogP contribution in [0, 0.1) is 0 Å². The number of hydrogen-bond acceptors (Lipinski definition) is 2. The van der Waals surface area contributed by atoms with Crippen LogP contribution >= 0.6 is 319 Å². The molecule has 4 nitrogen and oxygen atoms in total. The van der Waals surface area contributed by atoms with Crippen LogP contribution in [0.3, 0.4) is 0 Å². The number of rotatable bonds is 0. The van der Waals surface area contributed by atoms with Crippen molar-refractivity contribution in [3.05, 3.63) is 89.5 Å². The molecule has 306 valence electrons. The highest BCUT2D eigenvalue weighted by Gasteiger charge is 2.35. The van der Waals surface area contributed by atoms with E-state index in [0.717, 1.165) is 137 Å². The van der Waals surface area contributed by atoms with E-state index in [4.69, 9.17) is 9.97 Å². The number of benzene rings is 4. The van der Waals surface area contributed by atoms with Crippen LogP contribution in [0.25, 0.3) is 88.6 Å². The van der Waals surface area contributed by atoms with Crippen molar-refractivity contribution in [2.24, 2.45) is 0 Å². The van der Waals surface area contributed by atoms with Gasteiger partial charge in [-0.25, -0.2) is 9.97 Å². The lowest BCUT2D eigenvalue weighted by atomic mass is 10.0. The van der Waals surface area contributed by atoms with Gasteiger partial charge >= 0.3 is 0 Å². The van der Waals surface area contributed by atoms with Gasteiger partial charge in [0, 0.05) is 115 Å². The Bertz CT molecular complexity index is 3000. The molecule has 60 heavy (non-hydrogen) atoms. The first-order valence-electron chi connectivity index (χ1n) is 15.7. The zero-order valence-corrected chi connectivity index (χ0v) is 59.2. The molecule has 0 saturated heterocycles. The fourth-order valence-corrected chi connectivity index (χ4v) is 19.4. The molecule has 2 aliphatic rings. The molecule has 2 aliphatic heterocycles. The highest BCUT2D eigenvalue weighted by atomic mass is 79.9. The lowest BCUT2D eigenvalue weighted by molar-refractivity contribution is 1.37. The second-order valence-electron chi connectivity index (χ2n) is 12.6. The minimum Gasteiger partial charge on any atom is -0.352 e. The van der Waals surface area contributed by atoms with Gasteiger partial charge in [0.25, 0.3) is 0 Å². The molecule has 9 rings (SSSR count). The minimum atomic E-state index is 0.672. The van der Waals surface area contributed by atoms with Crippen molar-refractivity contribution >= 4 is 362 Å². The van der Waals surface area contributed by atoms with Crippen molar-refractivity contribution in [3.8, 4) is 45.0 Å². The van der Waals surface area contributed by atoms with Gasteiger partial charge in [0.2, 0.25) is 0 Å². The van der Waals surface area contributed by atoms with Gasteiger partial charge in [-0.3, -0.25) is 0 Å². The molecular formula is C36H2Br20N4. The fourth-order valence-electron chi connectivity index (χ4n) is 7.07. The normalized spacial score (nSPS) is 12.3. The van der Waals surface area contributed by atoms with Crippen LogP contribution in [-0.4, -0.2) is 19.9 Å². The standard InChI is InChI=1S/C36H2Br20N4/c37-9-1-2(10(38)18(46)17(9)45)30-26(54)32-5-6(14(42)22(50)21(49)13(5)41)34(59-32)28(56)36-8-7(15(43)23(51)24(52)16(8)44)35(60-36)27(55)33-4-3(11(39)19(47)20(48)12(4)40)31(58-33)25(53)29(1)57-30/h57,60H. The van der Waals surface area contributed by atoms with Crippen molar-refractivity contribution in [1.82, 2.24) is 19.9 Å². The van der Waals surface area contributed by atoms with Crippen LogP contribution in [0.4, 0.5) is 0 Å². The monoisotopic (exact) mass is 2070 g/mol. The molecule has 0 unspecified atom stereocenters. The first kappa shape index (κ1) is 49.1. The summed E-state index contributed by atoms with van der Waals surface area (Å²) in [5.74, 6) is 0. The number of nitrogens with zero attached hydrogens (tertiary/aromatic N) is 2. The molecule has 24 heteroatoms. The van der Waals surface area contributed by atoms with Crippen molar-refractivity contribution in [2.45, 2.75) is 0 Å². The largest absolute Gasteiger partial charge is 0.352 e. The number of nitrogens with one attached hydrogen (secondary N) is 2. The van der Waals surface area contributed by atoms with Crippen molar-refractivity contribution in [2.75, 3.05) is 0 Å². The summed E-state index contributed by atoms with van der Waals surface area (Å²) in [7, 11) is 0. The summed E-state index contributed by atoms with van der Waals surface area (Å²) >= 11 is 78.8. The van der Waals surface area contributed by atoms with Crippen molar-refractivity contribution < 1.29 is 0 Å². The van der Waals surface area contributed by atoms with Crippen LogP contribution in [0.2, 0.25) is 0 Å². The average Bonchev–Trinajstić information content (AvgIpc) is 4.03. The molecule has 0 atom stereocenters. The number of halogens is 20. The number of H-pyrrole nitrogens is 2. The van der Waals surface area contributed by atoms with E-state index in [1.165, 1.54) is 0 Å². The number of aromatic nitrogens is 4. The fraction of sp³-hybridized carbons (Fsp3) is 0. The Hall–Kier alpha value is 4.12. The summed E-state index contributed by atoms with van der Waals surface area (Å²) in [6.45, 7) is 0. The summed E-state index contributed by atoms with van der Waals surface area (Å²) in [5, 5.41) is 3.51. The third-order valence-corrected chi connectivity index (χ3v) is 31.8. The topological polar surface area (TPSA) is 57.4 Å². The van der Waals surface area contributed by atoms with E-state index >= 15 is 0 Å². The predicted molar refractivity (Wildman–Crippen MR) is 319 cm³/mol. The van der Waals surface area contributed by atoms with Crippen LogP contribution in [-0.2, 0) is 0 Å². The minimum absolute atomic E-state index is 0.672. The summed E-state index contributed by atoms with van der Waals surface area (Å²) in [6, 6.07) is 0. The Labute approximate surface area is 507 Å². The molecular weight excluding hydrogens is 2090 g/mol. The first-order chi connectivity index (χ1) is 28.1. The van der Waals surface area contributed by atoms with Gasteiger partial charge in [-0.15, -0.1) is 0 Å². The summed E-state index contributed by atoms with van der Waals surface area (Å²) in [6.07, 6.45) is 0. The Morgan fingerprint density at radius 1 is 0.200 bits per heavy atom. The average molecular weight is 2090 g/mol. The Morgan fingerprint density at radius 2 is 0.367 bits per heavy atom. The second-order valence-corrected chi connectivity index (χ2v) is 28.5. The maximum absolute atomic E-state index is 5.51. The smallest absolute Gasteiger partial charge is 0.0892 e. The maximum atomic E-state index is 5.51. The van der Waals surface area contributed by atoms with Gasteiger partial charge in [0.1, 0.15) is 0 Å². The molecule has 0 amide bonds. The molecule has 0 aliphatic carbocycles. The van der Waals surface area contributed by atoms with Gasteiger partial charge in [0.15, 0.2) is 0 Å². The van der Waals surface area contributed by atoms with Crippen LogP contribution in [0.15, 0.2) is 89.5 Å². The van der Waals surface area contributed by atoms with E-state index in [-0.39, 0.29) is 0 Å². The van der Waals surface area contributed by atoms with Gasteiger partial charge in [0.05, 0.1) is 62.7 Å². The summed E-state index contributed by atoms with van der Waals surface area (Å²) in [5.41, 5.74) is 9.13. The zero-order chi connectivity index (χ0) is 43.6. The van der Waals surface area contributed by atoms with Crippen LogP contribution < -0.4 is 0 Å². The maximum Gasteiger partial charge on any atom is 0.0892 e. The van der Waals surface area contributed by atoms with Crippen LogP contribution in [0.5, 0.6) is 0 Å². The van der Waals surface area contributed by atoms with Gasteiger partial charge in [-0.1, -0.05) is 0 Å². The molecule has 5 heterocycles. The van der Waals surface area contributed by atoms with Crippen LogP contribution in [0.1, 0.15) is 0 Å². The third kappa shape index (κ3) is 7.15. The van der Waals surface area contributed by atoms with Gasteiger partial charge in [-0.05, 0) is 319 Å². The molecule has 0 radical (unpaired) electrons.